The molecule has 0 aliphatic carbocycles. The fraction of sp³-hybridized carbons (Fsp3) is 0.583. The molecule has 1 amide bonds. The molecule has 1 saturated heterocycles. The lowest BCUT2D eigenvalue weighted by Gasteiger charge is -2.26. The van der Waals surface area contributed by atoms with Gasteiger partial charge in [-0.1, -0.05) is 18.2 Å². The molecule has 32 heavy (non-hydrogen) atoms. The Bertz CT molecular complexity index is 865. The van der Waals surface area contributed by atoms with E-state index in [0.717, 1.165) is 70.9 Å². The highest BCUT2D eigenvalue weighted by Crippen LogP contribution is 2.18. The number of amides is 1. The zero-order chi connectivity index (χ0) is 22.1. The summed E-state index contributed by atoms with van der Waals surface area (Å²) in [7, 11) is 3.69. The van der Waals surface area contributed by atoms with E-state index in [1.165, 1.54) is 10.9 Å². The van der Waals surface area contributed by atoms with Gasteiger partial charge in [0.1, 0.15) is 0 Å². The largest absolute Gasteiger partial charge is 0.357 e. The number of para-hydroxylation sites is 1. The number of likely N-dealkylation sites (N-methyl/N-ethyl adjacent to an activating group) is 1. The maximum Gasteiger partial charge on any atom is 0.239 e. The number of aromatic nitrogens is 1. The number of carbonyl (C=O) groups is 1. The first-order valence-electron chi connectivity index (χ1n) is 11.6. The van der Waals surface area contributed by atoms with Crippen molar-refractivity contribution in [2.45, 2.75) is 45.2 Å². The van der Waals surface area contributed by atoms with Gasteiger partial charge in [0.25, 0.3) is 0 Å². The summed E-state index contributed by atoms with van der Waals surface area (Å²) < 4.78 is 2.30. The summed E-state index contributed by atoms with van der Waals surface area (Å²) in [5, 5.41) is 8.06. The Labute approximate surface area is 209 Å². The van der Waals surface area contributed by atoms with Gasteiger partial charge in [0.15, 0.2) is 5.96 Å². The molecule has 2 N–H and O–H groups in total. The van der Waals surface area contributed by atoms with Crippen molar-refractivity contribution >= 4 is 46.7 Å². The molecule has 0 radical (unpaired) electrons. The van der Waals surface area contributed by atoms with E-state index in [1.807, 2.05) is 14.1 Å². The molecule has 0 saturated carbocycles. The number of rotatable bonds is 10. The molecule has 1 aromatic heterocycles. The van der Waals surface area contributed by atoms with Crippen molar-refractivity contribution in [3.8, 4) is 0 Å². The van der Waals surface area contributed by atoms with Crippen LogP contribution in [0.15, 0.2) is 41.5 Å². The van der Waals surface area contributed by atoms with Gasteiger partial charge in [-0.2, -0.15) is 0 Å². The number of hydrogen-bond donors (Lipinski definition) is 2. The van der Waals surface area contributed by atoms with E-state index in [-0.39, 0.29) is 35.9 Å². The van der Waals surface area contributed by atoms with Gasteiger partial charge in [-0.3, -0.25) is 14.7 Å². The second-order valence-corrected chi connectivity index (χ2v) is 8.39. The average molecular weight is 555 g/mol. The molecule has 1 atom stereocenters. The molecule has 178 valence electrons. The number of benzene rings is 1. The molecular formula is C24H39IN6O. The molecular weight excluding hydrogens is 515 g/mol. The van der Waals surface area contributed by atoms with Gasteiger partial charge in [0.05, 0.1) is 6.04 Å². The average Bonchev–Trinajstić information content (AvgIpc) is 3.40. The lowest BCUT2D eigenvalue weighted by molar-refractivity contribution is -0.133. The van der Waals surface area contributed by atoms with Crippen LogP contribution in [0, 0.1) is 0 Å². The van der Waals surface area contributed by atoms with E-state index < -0.39 is 0 Å². The van der Waals surface area contributed by atoms with E-state index in [9.17, 15) is 4.79 Å². The monoisotopic (exact) mass is 554 g/mol. The molecule has 0 spiro atoms. The lowest BCUT2D eigenvalue weighted by Crippen LogP contribution is -2.44. The number of aryl methyl sites for hydroxylation is 1. The minimum absolute atomic E-state index is 0. The number of halogens is 1. The maximum atomic E-state index is 12.3. The van der Waals surface area contributed by atoms with Crippen molar-refractivity contribution in [2.75, 3.05) is 46.8 Å². The lowest BCUT2D eigenvalue weighted by atomic mass is 10.2. The molecule has 1 fully saturated rings. The summed E-state index contributed by atoms with van der Waals surface area (Å²) in [6.45, 7) is 7.50. The van der Waals surface area contributed by atoms with Crippen LogP contribution in [-0.2, 0) is 11.3 Å². The second-order valence-electron chi connectivity index (χ2n) is 8.39. The number of aliphatic imine (C=N–C) groups is 1. The van der Waals surface area contributed by atoms with Crippen LogP contribution in [0.4, 0.5) is 0 Å². The highest BCUT2D eigenvalue weighted by atomic mass is 127. The number of carbonyl (C=O) groups excluding carboxylic acids is 1. The molecule has 3 rings (SSSR count). The summed E-state index contributed by atoms with van der Waals surface area (Å²) in [5.41, 5.74) is 1.28. The van der Waals surface area contributed by atoms with Crippen molar-refractivity contribution in [1.82, 2.24) is 25.0 Å². The normalized spacial score (nSPS) is 16.7. The summed E-state index contributed by atoms with van der Waals surface area (Å²) >= 11 is 0. The predicted octanol–water partition coefficient (Wildman–Crippen LogP) is 3.15. The van der Waals surface area contributed by atoms with Gasteiger partial charge in [0.2, 0.25) is 5.91 Å². The third-order valence-corrected chi connectivity index (χ3v) is 5.86. The zero-order valence-electron chi connectivity index (χ0n) is 19.7. The Morgan fingerprint density at radius 2 is 1.97 bits per heavy atom. The van der Waals surface area contributed by atoms with Gasteiger partial charge in [-0.05, 0) is 56.7 Å². The third kappa shape index (κ3) is 7.37. The molecule has 1 aliphatic heterocycles. The number of fused-ring (bicyclic) bond motifs is 1. The van der Waals surface area contributed by atoms with Crippen LogP contribution in [0.2, 0.25) is 0 Å². The van der Waals surface area contributed by atoms with Crippen molar-refractivity contribution in [1.29, 1.82) is 0 Å². The van der Waals surface area contributed by atoms with Crippen LogP contribution < -0.4 is 10.6 Å². The van der Waals surface area contributed by atoms with Gasteiger partial charge >= 0.3 is 0 Å². The van der Waals surface area contributed by atoms with E-state index in [4.69, 9.17) is 4.99 Å². The van der Waals surface area contributed by atoms with E-state index in [2.05, 4.69) is 63.6 Å². The van der Waals surface area contributed by atoms with E-state index in [1.54, 1.807) is 4.90 Å². The first-order valence-corrected chi connectivity index (χ1v) is 11.6. The molecule has 2 heterocycles. The van der Waals surface area contributed by atoms with Crippen molar-refractivity contribution in [2.24, 2.45) is 4.99 Å². The molecule has 1 unspecified atom stereocenters. The minimum Gasteiger partial charge on any atom is -0.357 e. The Morgan fingerprint density at radius 3 is 2.75 bits per heavy atom. The summed E-state index contributed by atoms with van der Waals surface area (Å²) in [6, 6.07) is 10.7. The summed E-state index contributed by atoms with van der Waals surface area (Å²) in [6.07, 6.45) is 6.24. The fourth-order valence-corrected chi connectivity index (χ4v) is 4.27. The number of guanidine groups is 1. The second kappa shape index (κ2) is 13.7. The first kappa shape index (κ1) is 26.4. The molecule has 7 nitrogen and oxygen atoms in total. The van der Waals surface area contributed by atoms with Crippen LogP contribution in [-0.4, -0.2) is 79.1 Å². The van der Waals surface area contributed by atoms with Gasteiger partial charge in [-0.15, -0.1) is 24.0 Å². The van der Waals surface area contributed by atoms with Crippen LogP contribution in [0.3, 0.4) is 0 Å². The SMILES string of the molecule is CCNC(=NCCCn1ccc2ccccc21)NCCCN1CCCC1C(=O)N(C)C.I. The molecule has 1 aliphatic rings. The quantitative estimate of drug-likeness (QED) is 0.205. The van der Waals surface area contributed by atoms with Crippen molar-refractivity contribution in [3.05, 3.63) is 36.5 Å². The fourth-order valence-electron chi connectivity index (χ4n) is 4.27. The molecule has 8 heteroatoms. The molecule has 0 bridgehead atoms. The highest BCUT2D eigenvalue weighted by Gasteiger charge is 2.30. The molecule has 1 aromatic carbocycles. The standard InChI is InChI=1S/C24H38N6O.HI/c1-4-25-24(26-14-8-17-29-16-7-12-22(29)23(31)28(2)3)27-15-9-18-30-19-13-20-10-5-6-11-21(20)30;/h5-6,10-11,13,19,22H,4,7-9,12,14-18H2,1-3H3,(H2,25,26,27);1H. The Kier molecular flexibility index (Phi) is 11.3. The Hall–Kier alpha value is -1.81. The zero-order valence-corrected chi connectivity index (χ0v) is 22.0. The topological polar surface area (TPSA) is 64.9 Å². The number of nitrogens with zero attached hydrogens (tertiary/aromatic N) is 4. The van der Waals surface area contributed by atoms with Crippen LogP contribution in [0.1, 0.15) is 32.6 Å². The van der Waals surface area contributed by atoms with E-state index in [0.29, 0.717) is 0 Å². The predicted molar refractivity (Wildman–Crippen MR) is 144 cm³/mol. The molecule has 2 aromatic rings. The Morgan fingerprint density at radius 1 is 1.16 bits per heavy atom. The van der Waals surface area contributed by atoms with Gasteiger partial charge in [0, 0.05) is 58.5 Å². The van der Waals surface area contributed by atoms with Gasteiger partial charge in [-0.25, -0.2) is 0 Å². The van der Waals surface area contributed by atoms with Gasteiger partial charge < -0.3 is 20.1 Å². The minimum atomic E-state index is 0. The number of hydrogen-bond acceptors (Lipinski definition) is 3. The summed E-state index contributed by atoms with van der Waals surface area (Å²) in [4.78, 5) is 21.1. The maximum absolute atomic E-state index is 12.3. The van der Waals surface area contributed by atoms with Crippen molar-refractivity contribution < 1.29 is 4.79 Å². The smallest absolute Gasteiger partial charge is 0.239 e. The van der Waals surface area contributed by atoms with Crippen LogP contribution in [0.5, 0.6) is 0 Å². The van der Waals surface area contributed by atoms with E-state index >= 15 is 0 Å². The van der Waals surface area contributed by atoms with Crippen LogP contribution in [0.25, 0.3) is 10.9 Å². The number of nitrogens with one attached hydrogen (secondary N) is 2. The summed E-state index contributed by atoms with van der Waals surface area (Å²) in [5.74, 6) is 1.11. The highest BCUT2D eigenvalue weighted by molar-refractivity contribution is 14.0. The Balaban J connectivity index is 0.00000363. The van der Waals surface area contributed by atoms with Crippen molar-refractivity contribution in [3.63, 3.8) is 0 Å². The first-order chi connectivity index (χ1) is 15.1. The third-order valence-electron chi connectivity index (χ3n) is 5.86. The van der Waals surface area contributed by atoms with Crippen LogP contribution >= 0.6 is 24.0 Å². The number of likely N-dealkylation sites (tertiary alicyclic amines) is 1.